The largest absolute Gasteiger partial charge is 0.493 e. The van der Waals surface area contributed by atoms with Crippen LogP contribution in [0.25, 0.3) is 10.9 Å². The van der Waals surface area contributed by atoms with E-state index in [1.54, 1.807) is 22.8 Å². The predicted molar refractivity (Wildman–Crippen MR) is 154 cm³/mol. The van der Waals surface area contributed by atoms with Gasteiger partial charge in [0, 0.05) is 18.5 Å². The Morgan fingerprint density at radius 2 is 1.38 bits per heavy atom. The molecule has 202 valence electrons. The lowest BCUT2D eigenvalue weighted by atomic mass is 10.2. The number of methoxy groups -OCH3 is 1. The van der Waals surface area contributed by atoms with Crippen LogP contribution < -0.4 is 9.47 Å². The zero-order chi connectivity index (χ0) is 27.7. The molecule has 8 nitrogen and oxygen atoms in total. The van der Waals surface area contributed by atoms with E-state index in [1.165, 1.54) is 7.11 Å². The van der Waals surface area contributed by atoms with Crippen molar-refractivity contribution in [3.63, 3.8) is 0 Å². The standard InChI is InChI=1S/C32H30N4O4/c1-39-28-18-10-11-19-29(28)40-22-30(37)33-34-31-26-16-8-9-17-27(26)36(32(31)38)23-35(20-24-12-4-2-5-13-24)21-25-14-6-3-7-15-25/h2-19,38H,20-23H2,1H3. The number of rotatable bonds is 11. The van der Waals surface area contributed by atoms with Crippen molar-refractivity contribution in [1.29, 1.82) is 0 Å². The van der Waals surface area contributed by atoms with E-state index in [-0.39, 0.29) is 18.2 Å². The molecule has 1 amide bonds. The van der Waals surface area contributed by atoms with E-state index in [1.807, 2.05) is 66.7 Å². The number of para-hydroxylation sites is 3. The molecule has 0 saturated heterocycles. The van der Waals surface area contributed by atoms with Crippen molar-refractivity contribution in [2.75, 3.05) is 13.7 Å². The molecular weight excluding hydrogens is 504 g/mol. The quantitative estimate of drug-likeness (QED) is 0.190. The zero-order valence-electron chi connectivity index (χ0n) is 22.2. The molecule has 0 unspecified atom stereocenters. The molecule has 5 aromatic rings. The molecule has 40 heavy (non-hydrogen) atoms. The number of azo groups is 1. The van der Waals surface area contributed by atoms with Crippen LogP contribution in [-0.2, 0) is 24.6 Å². The summed E-state index contributed by atoms with van der Waals surface area (Å²) < 4.78 is 12.6. The number of aromatic hydroxyl groups is 1. The van der Waals surface area contributed by atoms with Gasteiger partial charge in [-0.1, -0.05) is 91.0 Å². The topological polar surface area (TPSA) is 88.6 Å². The molecule has 8 heteroatoms. The minimum Gasteiger partial charge on any atom is -0.493 e. The molecule has 0 radical (unpaired) electrons. The van der Waals surface area contributed by atoms with Crippen LogP contribution in [0.3, 0.4) is 0 Å². The summed E-state index contributed by atoms with van der Waals surface area (Å²) in [5, 5.41) is 20.0. The van der Waals surface area contributed by atoms with E-state index in [0.29, 0.717) is 36.6 Å². The van der Waals surface area contributed by atoms with E-state index < -0.39 is 5.91 Å². The van der Waals surface area contributed by atoms with Crippen molar-refractivity contribution in [2.45, 2.75) is 19.8 Å². The fourth-order valence-corrected chi connectivity index (χ4v) is 4.56. The van der Waals surface area contributed by atoms with E-state index in [0.717, 1.165) is 16.6 Å². The first kappa shape index (κ1) is 26.6. The normalized spacial score (nSPS) is 11.3. The monoisotopic (exact) mass is 534 g/mol. The lowest BCUT2D eigenvalue weighted by Gasteiger charge is -2.24. The Balaban J connectivity index is 1.39. The molecule has 0 aliphatic carbocycles. The van der Waals surface area contributed by atoms with E-state index in [9.17, 15) is 9.90 Å². The van der Waals surface area contributed by atoms with Gasteiger partial charge in [-0.05, 0) is 29.3 Å². The number of carbonyl (C=O) groups excluding carboxylic acids is 1. The second-order valence-electron chi connectivity index (χ2n) is 9.25. The van der Waals surface area contributed by atoms with Crippen LogP contribution >= 0.6 is 0 Å². The summed E-state index contributed by atoms with van der Waals surface area (Å²) in [6.07, 6.45) is 0. The van der Waals surface area contributed by atoms with Crippen LogP contribution in [0.4, 0.5) is 5.69 Å². The Morgan fingerprint density at radius 1 is 0.800 bits per heavy atom. The van der Waals surface area contributed by atoms with Crippen LogP contribution in [0.15, 0.2) is 119 Å². The Labute approximate surface area is 232 Å². The maximum Gasteiger partial charge on any atom is 0.302 e. The predicted octanol–water partition coefficient (Wildman–Crippen LogP) is 6.70. The van der Waals surface area contributed by atoms with Gasteiger partial charge >= 0.3 is 5.91 Å². The first-order chi connectivity index (χ1) is 19.6. The third kappa shape index (κ3) is 6.36. The Kier molecular flexibility index (Phi) is 8.48. The Morgan fingerprint density at radius 3 is 2.02 bits per heavy atom. The third-order valence-electron chi connectivity index (χ3n) is 6.44. The highest BCUT2D eigenvalue weighted by Gasteiger charge is 2.19. The van der Waals surface area contributed by atoms with Gasteiger partial charge in [0.05, 0.1) is 19.3 Å². The van der Waals surface area contributed by atoms with Gasteiger partial charge in [0.25, 0.3) is 0 Å². The molecule has 0 bridgehead atoms. The SMILES string of the molecule is COc1ccccc1OCC(=O)N=Nc1c(O)n(CN(Cc2ccccc2)Cc2ccccc2)c2ccccc12. The number of aromatic nitrogens is 1. The molecule has 5 rings (SSSR count). The van der Waals surface area contributed by atoms with Crippen LogP contribution in [-0.4, -0.2) is 34.2 Å². The molecule has 4 aromatic carbocycles. The van der Waals surface area contributed by atoms with Crippen molar-refractivity contribution >= 4 is 22.5 Å². The van der Waals surface area contributed by atoms with Crippen molar-refractivity contribution in [1.82, 2.24) is 9.47 Å². The highest BCUT2D eigenvalue weighted by Crippen LogP contribution is 2.39. The van der Waals surface area contributed by atoms with Crippen LogP contribution in [0.5, 0.6) is 17.4 Å². The maximum atomic E-state index is 12.5. The van der Waals surface area contributed by atoms with Gasteiger partial charge < -0.3 is 14.6 Å². The fraction of sp³-hybridized carbons (Fsp3) is 0.156. The fourth-order valence-electron chi connectivity index (χ4n) is 4.56. The number of ether oxygens (including phenoxy) is 2. The van der Waals surface area contributed by atoms with Crippen LogP contribution in [0.1, 0.15) is 11.1 Å². The Hall–Kier alpha value is -4.95. The summed E-state index contributed by atoms with van der Waals surface area (Å²) in [5.41, 5.74) is 3.35. The summed E-state index contributed by atoms with van der Waals surface area (Å²) in [5.74, 6) is 0.305. The molecule has 0 saturated carbocycles. The number of nitrogens with zero attached hydrogens (tertiary/aromatic N) is 4. The average Bonchev–Trinajstić information content (AvgIpc) is 3.26. The smallest absolute Gasteiger partial charge is 0.302 e. The third-order valence-corrected chi connectivity index (χ3v) is 6.44. The van der Waals surface area contributed by atoms with Gasteiger partial charge in [0.2, 0.25) is 5.88 Å². The first-order valence-electron chi connectivity index (χ1n) is 12.9. The van der Waals surface area contributed by atoms with Gasteiger partial charge in [0.15, 0.2) is 23.8 Å². The molecule has 0 aliphatic rings. The zero-order valence-corrected chi connectivity index (χ0v) is 22.2. The van der Waals surface area contributed by atoms with Gasteiger partial charge in [-0.15, -0.1) is 10.2 Å². The van der Waals surface area contributed by atoms with Gasteiger partial charge in [0.1, 0.15) is 0 Å². The number of fused-ring (bicyclic) bond motifs is 1. The molecular formula is C32H30N4O4. The molecule has 0 aliphatic heterocycles. The van der Waals surface area contributed by atoms with Crippen LogP contribution in [0.2, 0.25) is 0 Å². The minimum atomic E-state index is -0.586. The van der Waals surface area contributed by atoms with Crippen molar-refractivity contribution < 1.29 is 19.4 Å². The summed E-state index contributed by atoms with van der Waals surface area (Å²) in [6.45, 7) is 1.44. The molecule has 1 aromatic heterocycles. The summed E-state index contributed by atoms with van der Waals surface area (Å²) >= 11 is 0. The number of amides is 1. The van der Waals surface area contributed by atoms with Gasteiger partial charge in [-0.25, -0.2) is 0 Å². The van der Waals surface area contributed by atoms with E-state index in [4.69, 9.17) is 9.47 Å². The first-order valence-corrected chi connectivity index (χ1v) is 12.9. The average molecular weight is 535 g/mol. The highest BCUT2D eigenvalue weighted by atomic mass is 16.5. The number of carbonyl (C=O) groups is 1. The highest BCUT2D eigenvalue weighted by molar-refractivity contribution is 5.95. The Bertz CT molecular complexity index is 1560. The van der Waals surface area contributed by atoms with Crippen molar-refractivity contribution in [2.24, 2.45) is 10.2 Å². The van der Waals surface area contributed by atoms with Gasteiger partial charge in [-0.2, -0.15) is 0 Å². The van der Waals surface area contributed by atoms with Crippen LogP contribution in [0, 0.1) is 0 Å². The molecule has 0 fully saturated rings. The molecule has 0 spiro atoms. The molecule has 0 atom stereocenters. The number of hydrogen-bond acceptors (Lipinski definition) is 6. The second kappa shape index (κ2) is 12.7. The number of hydrogen-bond donors (Lipinski definition) is 1. The maximum absolute atomic E-state index is 12.5. The lowest BCUT2D eigenvalue weighted by Crippen LogP contribution is -2.25. The molecule has 1 N–H and O–H groups in total. The second-order valence-corrected chi connectivity index (χ2v) is 9.25. The summed E-state index contributed by atoms with van der Waals surface area (Å²) in [6, 6.07) is 35.0. The van der Waals surface area contributed by atoms with Crippen molar-refractivity contribution in [3.8, 4) is 17.4 Å². The summed E-state index contributed by atoms with van der Waals surface area (Å²) in [4.78, 5) is 14.7. The number of benzene rings is 4. The van der Waals surface area contributed by atoms with Gasteiger partial charge in [-0.3, -0.25) is 14.3 Å². The summed E-state index contributed by atoms with van der Waals surface area (Å²) in [7, 11) is 1.53. The van der Waals surface area contributed by atoms with E-state index >= 15 is 0 Å². The lowest BCUT2D eigenvalue weighted by molar-refractivity contribution is -0.120. The van der Waals surface area contributed by atoms with Crippen molar-refractivity contribution in [3.05, 3.63) is 120 Å². The minimum absolute atomic E-state index is 0.0606. The van der Waals surface area contributed by atoms with E-state index in [2.05, 4.69) is 39.4 Å². The molecule has 1 heterocycles.